The fourth-order valence-electron chi connectivity index (χ4n) is 3.60. The van der Waals surface area contributed by atoms with Gasteiger partial charge in [-0.3, -0.25) is 9.59 Å². The summed E-state index contributed by atoms with van der Waals surface area (Å²) in [5.74, 6) is -0.302. The molecule has 2 amide bonds. The maximum Gasteiger partial charge on any atom is 0.222 e. The number of likely N-dealkylation sites (N-methyl/N-ethyl adjacent to an activating group) is 2. The molecule has 0 aliphatic heterocycles. The lowest BCUT2D eigenvalue weighted by Crippen LogP contribution is -2.56. The largest absolute Gasteiger partial charge is 0.337 e. The Hall–Kier alpha value is -2.42. The molecule has 0 fully saturated rings. The predicted molar refractivity (Wildman–Crippen MR) is 155 cm³/mol. The van der Waals surface area contributed by atoms with Gasteiger partial charge in [-0.25, -0.2) is 8.42 Å². The molecule has 1 unspecified atom stereocenters. The van der Waals surface area contributed by atoms with Gasteiger partial charge in [0.1, 0.15) is 6.17 Å². The SMILES string of the molecule is C=C/C=C\C=C/CS(=O)(=O)N(CC)C(CN(C(=O)CCCc1ccc(Cl)cc1)C(C)C)N(C)C=O.CC. The minimum atomic E-state index is -3.73. The zero-order valence-corrected chi connectivity index (χ0v) is 24.7. The number of hydrogen-bond acceptors (Lipinski definition) is 4. The summed E-state index contributed by atoms with van der Waals surface area (Å²) in [5, 5.41) is 0.667. The third kappa shape index (κ3) is 12.6. The highest BCUT2D eigenvalue weighted by molar-refractivity contribution is 7.89. The molecule has 0 aliphatic carbocycles. The first-order valence-electron chi connectivity index (χ1n) is 12.7. The standard InChI is InChI=1S/C26H38ClN3O4S.C2H6/c1-6-8-9-10-11-19-35(33,34)30(7-2)25(28(5)21-31)20-29(22(3)4)26(32)14-12-13-23-15-17-24(27)18-16-23;1-2/h6,8-11,15-18,21-22,25H,1,7,12-14,19-20H2,2-5H3;1-2H3/b9-8-,11-10-;. The van der Waals surface area contributed by atoms with Gasteiger partial charge in [0.25, 0.3) is 0 Å². The topological polar surface area (TPSA) is 78.0 Å². The van der Waals surface area contributed by atoms with Crippen molar-refractivity contribution in [1.29, 1.82) is 0 Å². The maximum absolute atomic E-state index is 13.1. The monoisotopic (exact) mass is 553 g/mol. The zero-order chi connectivity index (χ0) is 28.4. The van der Waals surface area contributed by atoms with Crippen LogP contribution in [0.5, 0.6) is 0 Å². The molecule has 0 saturated heterocycles. The molecule has 1 aromatic carbocycles. The Morgan fingerprint density at radius 1 is 1.11 bits per heavy atom. The number of benzene rings is 1. The van der Waals surface area contributed by atoms with E-state index in [1.165, 1.54) is 22.3 Å². The number of nitrogens with zero attached hydrogens (tertiary/aromatic N) is 3. The summed E-state index contributed by atoms with van der Waals surface area (Å²) in [7, 11) is -2.20. The molecular weight excluding hydrogens is 510 g/mol. The van der Waals surface area contributed by atoms with Crippen LogP contribution in [0.1, 0.15) is 53.0 Å². The Kier molecular flexibility index (Phi) is 17.5. The number of rotatable bonds is 16. The van der Waals surface area contributed by atoms with Crippen LogP contribution in [0, 0.1) is 0 Å². The van der Waals surface area contributed by atoms with Crippen molar-refractivity contribution in [2.45, 2.75) is 66.1 Å². The van der Waals surface area contributed by atoms with E-state index in [-0.39, 0.29) is 30.8 Å². The second kappa shape index (κ2) is 18.8. The second-order valence-electron chi connectivity index (χ2n) is 8.40. The molecule has 0 heterocycles. The van der Waals surface area contributed by atoms with E-state index < -0.39 is 16.2 Å². The molecule has 1 aromatic rings. The quantitative estimate of drug-likeness (QED) is 0.158. The summed E-state index contributed by atoms with van der Waals surface area (Å²) >= 11 is 5.93. The van der Waals surface area contributed by atoms with Gasteiger partial charge in [-0.15, -0.1) is 0 Å². The van der Waals surface area contributed by atoms with Gasteiger partial charge in [0.15, 0.2) is 0 Å². The van der Waals surface area contributed by atoms with Crippen LogP contribution >= 0.6 is 11.6 Å². The number of aryl methyl sites for hydroxylation is 1. The van der Waals surface area contributed by atoms with Gasteiger partial charge in [0.2, 0.25) is 22.3 Å². The smallest absolute Gasteiger partial charge is 0.222 e. The van der Waals surface area contributed by atoms with Gasteiger partial charge in [-0.05, 0) is 44.4 Å². The molecule has 0 aliphatic rings. The van der Waals surface area contributed by atoms with Crippen molar-refractivity contribution in [3.05, 3.63) is 71.8 Å². The molecule has 208 valence electrons. The fraction of sp³-hybridized carbons (Fsp3) is 0.500. The minimum Gasteiger partial charge on any atom is -0.337 e. The summed E-state index contributed by atoms with van der Waals surface area (Å²) in [6.07, 6.45) is 9.63. The summed E-state index contributed by atoms with van der Waals surface area (Å²) in [4.78, 5) is 27.7. The molecular formula is C28H44ClN3O4S. The molecule has 0 N–H and O–H groups in total. The van der Waals surface area contributed by atoms with Crippen LogP contribution in [0.25, 0.3) is 0 Å². The zero-order valence-electron chi connectivity index (χ0n) is 23.1. The third-order valence-corrected chi connectivity index (χ3v) is 7.59. The van der Waals surface area contributed by atoms with Gasteiger partial charge in [0.05, 0.1) is 12.3 Å². The summed E-state index contributed by atoms with van der Waals surface area (Å²) in [6, 6.07) is 7.36. The number of halogens is 1. The lowest BCUT2D eigenvalue weighted by Gasteiger charge is -2.39. The summed E-state index contributed by atoms with van der Waals surface area (Å²) < 4.78 is 27.5. The van der Waals surface area contributed by atoms with E-state index >= 15 is 0 Å². The number of allylic oxidation sites excluding steroid dienone is 4. The van der Waals surface area contributed by atoms with E-state index in [4.69, 9.17) is 11.6 Å². The van der Waals surface area contributed by atoms with Crippen LogP contribution in [0.4, 0.5) is 0 Å². The van der Waals surface area contributed by atoms with E-state index in [2.05, 4.69) is 6.58 Å². The average Bonchev–Trinajstić information content (AvgIpc) is 2.87. The van der Waals surface area contributed by atoms with Gasteiger partial charge >= 0.3 is 0 Å². The number of amides is 2. The van der Waals surface area contributed by atoms with Crippen molar-refractivity contribution in [3.8, 4) is 0 Å². The van der Waals surface area contributed by atoms with Crippen molar-refractivity contribution in [2.24, 2.45) is 0 Å². The van der Waals surface area contributed by atoms with Gasteiger partial charge < -0.3 is 9.80 Å². The van der Waals surface area contributed by atoms with E-state index in [9.17, 15) is 18.0 Å². The molecule has 1 atom stereocenters. The minimum absolute atomic E-state index is 0.0822. The number of carbonyl (C=O) groups excluding carboxylic acids is 2. The Balaban J connectivity index is 0.00000631. The third-order valence-electron chi connectivity index (χ3n) is 5.51. The van der Waals surface area contributed by atoms with E-state index in [0.29, 0.717) is 24.3 Å². The van der Waals surface area contributed by atoms with Crippen LogP contribution in [0.15, 0.2) is 61.2 Å². The van der Waals surface area contributed by atoms with Crippen LogP contribution < -0.4 is 0 Å². The van der Waals surface area contributed by atoms with Gasteiger partial charge in [0, 0.05) is 31.1 Å². The normalized spacial score (nSPS) is 12.5. The van der Waals surface area contributed by atoms with Crippen molar-refractivity contribution in [3.63, 3.8) is 0 Å². The average molecular weight is 554 g/mol. The lowest BCUT2D eigenvalue weighted by molar-refractivity contribution is -0.136. The summed E-state index contributed by atoms with van der Waals surface area (Å²) in [6.45, 7) is 13.3. The number of hydrogen-bond donors (Lipinski definition) is 0. The van der Waals surface area contributed by atoms with Crippen molar-refractivity contribution in [2.75, 3.05) is 25.9 Å². The van der Waals surface area contributed by atoms with Gasteiger partial charge in [-0.1, -0.05) is 81.5 Å². The number of carbonyl (C=O) groups is 2. The van der Waals surface area contributed by atoms with Gasteiger partial charge in [-0.2, -0.15) is 4.31 Å². The second-order valence-corrected chi connectivity index (χ2v) is 10.8. The molecule has 0 aromatic heterocycles. The summed E-state index contributed by atoms with van der Waals surface area (Å²) in [5.41, 5.74) is 1.09. The van der Waals surface area contributed by atoms with Crippen molar-refractivity contribution in [1.82, 2.24) is 14.1 Å². The van der Waals surface area contributed by atoms with Crippen molar-refractivity contribution >= 4 is 33.9 Å². The molecule has 37 heavy (non-hydrogen) atoms. The van der Waals surface area contributed by atoms with Crippen LogP contribution in [0.2, 0.25) is 5.02 Å². The Labute approximate surface area is 229 Å². The highest BCUT2D eigenvalue weighted by atomic mass is 35.5. The lowest BCUT2D eigenvalue weighted by atomic mass is 10.1. The first-order valence-corrected chi connectivity index (χ1v) is 14.7. The van der Waals surface area contributed by atoms with Crippen LogP contribution in [-0.4, -0.2) is 72.9 Å². The van der Waals surface area contributed by atoms with Crippen molar-refractivity contribution < 1.29 is 18.0 Å². The Morgan fingerprint density at radius 3 is 2.24 bits per heavy atom. The Bertz CT molecular complexity index is 976. The molecule has 7 nitrogen and oxygen atoms in total. The highest BCUT2D eigenvalue weighted by Gasteiger charge is 2.33. The number of sulfonamides is 1. The molecule has 0 saturated carbocycles. The van der Waals surface area contributed by atoms with Crippen LogP contribution in [0.3, 0.4) is 0 Å². The van der Waals surface area contributed by atoms with Crippen LogP contribution in [-0.2, 0) is 26.0 Å². The molecule has 1 rings (SSSR count). The highest BCUT2D eigenvalue weighted by Crippen LogP contribution is 2.17. The fourth-order valence-corrected chi connectivity index (χ4v) is 5.25. The molecule has 0 bridgehead atoms. The predicted octanol–water partition coefficient (Wildman–Crippen LogP) is 5.29. The van der Waals surface area contributed by atoms with E-state index in [1.807, 2.05) is 52.0 Å². The maximum atomic E-state index is 13.1. The first-order chi connectivity index (χ1) is 17.6. The molecule has 0 radical (unpaired) electrons. The molecule has 0 spiro atoms. The molecule has 9 heteroatoms. The van der Waals surface area contributed by atoms with E-state index in [1.54, 1.807) is 36.1 Å². The Morgan fingerprint density at radius 2 is 1.73 bits per heavy atom. The van der Waals surface area contributed by atoms with E-state index in [0.717, 1.165) is 12.0 Å². The first kappa shape index (κ1) is 34.6.